The van der Waals surface area contributed by atoms with E-state index in [-0.39, 0.29) is 31.1 Å². The molecule has 1 aliphatic rings. The van der Waals surface area contributed by atoms with E-state index in [2.05, 4.69) is 10.4 Å². The lowest BCUT2D eigenvalue weighted by Crippen LogP contribution is -2.52. The van der Waals surface area contributed by atoms with Gasteiger partial charge in [-0.15, -0.1) is 0 Å². The Morgan fingerprint density at radius 2 is 2.14 bits per heavy atom. The maximum atomic E-state index is 13.4. The Balaban J connectivity index is 1.68. The zero-order valence-electron chi connectivity index (χ0n) is 14.6. The molecule has 4 N–H and O–H groups in total. The third-order valence-electron chi connectivity index (χ3n) is 4.30. The van der Waals surface area contributed by atoms with E-state index < -0.39 is 29.1 Å². The molecule has 0 bridgehead atoms. The summed E-state index contributed by atoms with van der Waals surface area (Å²) in [5, 5.41) is 17.1. The first-order valence-electron chi connectivity index (χ1n) is 8.27. The number of aliphatic hydroxyl groups is 1. The molecule has 0 radical (unpaired) electrons. The number of nitrogens with zero attached hydrogens (tertiary/aromatic N) is 3. The van der Waals surface area contributed by atoms with E-state index in [1.807, 2.05) is 0 Å². The standard InChI is InChI=1S/C17H17ClFN5O4/c18-11-3-10(4-12(19)5-11)6-21-15(26)17(28)1-2-24(16(17)27)13-7-22-23(8-13)9-14(20)25/h3-5,7-8,28H,1-2,6,9H2,(H2,20,25)(H,21,26)/t17-/m0/s1. The van der Waals surface area contributed by atoms with Crippen LogP contribution in [0.4, 0.5) is 10.1 Å². The van der Waals surface area contributed by atoms with Gasteiger partial charge < -0.3 is 21.1 Å². The van der Waals surface area contributed by atoms with Gasteiger partial charge in [0.2, 0.25) is 11.5 Å². The van der Waals surface area contributed by atoms with Gasteiger partial charge in [0.1, 0.15) is 12.4 Å². The van der Waals surface area contributed by atoms with Crippen LogP contribution in [0.3, 0.4) is 0 Å². The van der Waals surface area contributed by atoms with Crippen molar-refractivity contribution in [2.24, 2.45) is 5.73 Å². The Hall–Kier alpha value is -2.98. The van der Waals surface area contributed by atoms with Crippen LogP contribution in [0.1, 0.15) is 12.0 Å². The molecule has 1 saturated heterocycles. The Morgan fingerprint density at radius 1 is 1.39 bits per heavy atom. The summed E-state index contributed by atoms with van der Waals surface area (Å²) in [5.74, 6) is -2.88. The molecule has 3 amide bonds. The molecule has 1 atom stereocenters. The van der Waals surface area contributed by atoms with Crippen molar-refractivity contribution < 1.29 is 23.9 Å². The summed E-state index contributed by atoms with van der Waals surface area (Å²) in [6.07, 6.45) is 2.61. The lowest BCUT2D eigenvalue weighted by atomic mass is 10.0. The monoisotopic (exact) mass is 409 g/mol. The van der Waals surface area contributed by atoms with Crippen LogP contribution in [-0.4, -0.2) is 44.8 Å². The minimum Gasteiger partial charge on any atom is -0.372 e. The number of primary amides is 1. The van der Waals surface area contributed by atoms with Gasteiger partial charge in [-0.1, -0.05) is 11.6 Å². The Bertz CT molecular complexity index is 929. The zero-order valence-corrected chi connectivity index (χ0v) is 15.3. The molecule has 9 nitrogen and oxygen atoms in total. The van der Waals surface area contributed by atoms with Crippen LogP contribution in [0.5, 0.6) is 0 Å². The first-order valence-corrected chi connectivity index (χ1v) is 8.65. The van der Waals surface area contributed by atoms with Gasteiger partial charge >= 0.3 is 0 Å². The lowest BCUT2D eigenvalue weighted by molar-refractivity contribution is -0.149. The normalized spacial score (nSPS) is 19.1. The molecule has 148 valence electrons. The number of nitrogens with two attached hydrogens (primary N) is 1. The number of benzene rings is 1. The number of hydrogen-bond acceptors (Lipinski definition) is 5. The molecule has 28 heavy (non-hydrogen) atoms. The highest BCUT2D eigenvalue weighted by Crippen LogP contribution is 2.28. The number of carbonyl (C=O) groups is 3. The smallest absolute Gasteiger partial charge is 0.268 e. The van der Waals surface area contributed by atoms with E-state index >= 15 is 0 Å². The number of halogens is 2. The lowest BCUT2D eigenvalue weighted by Gasteiger charge is -2.21. The van der Waals surface area contributed by atoms with Gasteiger partial charge in [-0.3, -0.25) is 19.1 Å². The van der Waals surface area contributed by atoms with E-state index in [0.29, 0.717) is 11.3 Å². The molecule has 1 aromatic heterocycles. The molecular formula is C17H17ClFN5O4. The van der Waals surface area contributed by atoms with E-state index in [0.717, 1.165) is 6.07 Å². The van der Waals surface area contributed by atoms with Gasteiger partial charge in [-0.05, 0) is 23.8 Å². The predicted octanol–water partition coefficient (Wildman–Crippen LogP) is -0.0549. The van der Waals surface area contributed by atoms with Gasteiger partial charge in [0.15, 0.2) is 0 Å². The summed E-state index contributed by atoms with van der Waals surface area (Å²) in [4.78, 5) is 37.2. The summed E-state index contributed by atoms with van der Waals surface area (Å²) in [7, 11) is 0. The fraction of sp³-hybridized carbons (Fsp3) is 0.294. The molecule has 1 aromatic carbocycles. The second-order valence-corrected chi connectivity index (χ2v) is 6.83. The minimum absolute atomic E-state index is 0.0802. The highest BCUT2D eigenvalue weighted by atomic mass is 35.5. The number of nitrogens with one attached hydrogen (secondary N) is 1. The molecule has 3 rings (SSSR count). The quantitative estimate of drug-likeness (QED) is 0.575. The molecular weight excluding hydrogens is 393 g/mol. The van der Waals surface area contributed by atoms with Crippen molar-refractivity contribution >= 4 is 35.0 Å². The van der Waals surface area contributed by atoms with Gasteiger partial charge in [-0.2, -0.15) is 5.10 Å². The van der Waals surface area contributed by atoms with Crippen molar-refractivity contribution in [3.63, 3.8) is 0 Å². The van der Waals surface area contributed by atoms with Crippen LogP contribution < -0.4 is 16.0 Å². The summed E-state index contributed by atoms with van der Waals surface area (Å²) in [6, 6.07) is 3.77. The number of rotatable bonds is 6. The minimum atomic E-state index is -2.26. The molecule has 11 heteroatoms. The Labute approximate surface area is 163 Å². The average molecular weight is 410 g/mol. The Morgan fingerprint density at radius 3 is 2.82 bits per heavy atom. The summed E-state index contributed by atoms with van der Waals surface area (Å²) >= 11 is 5.76. The van der Waals surface area contributed by atoms with Crippen molar-refractivity contribution in [1.29, 1.82) is 0 Å². The number of hydrogen-bond donors (Lipinski definition) is 3. The molecule has 2 aromatic rings. The first-order chi connectivity index (χ1) is 13.2. The van der Waals surface area contributed by atoms with E-state index in [4.69, 9.17) is 17.3 Å². The van der Waals surface area contributed by atoms with Crippen molar-refractivity contribution in [2.75, 3.05) is 11.4 Å². The highest BCUT2D eigenvalue weighted by Gasteiger charge is 2.51. The highest BCUT2D eigenvalue weighted by molar-refractivity contribution is 6.30. The molecule has 0 unspecified atom stereocenters. The number of amides is 3. The molecule has 2 heterocycles. The second-order valence-electron chi connectivity index (χ2n) is 6.39. The number of carbonyl (C=O) groups excluding carboxylic acids is 3. The van der Waals surface area contributed by atoms with Crippen LogP contribution in [0.2, 0.25) is 5.02 Å². The van der Waals surface area contributed by atoms with Crippen molar-refractivity contribution in [3.8, 4) is 0 Å². The number of aromatic nitrogens is 2. The summed E-state index contributed by atoms with van der Waals surface area (Å²) in [6.45, 7) is -0.192. The van der Waals surface area contributed by atoms with Gasteiger partial charge in [0.05, 0.1) is 11.9 Å². The van der Waals surface area contributed by atoms with Crippen LogP contribution in [0.25, 0.3) is 0 Å². The maximum Gasteiger partial charge on any atom is 0.268 e. The topological polar surface area (TPSA) is 131 Å². The maximum absolute atomic E-state index is 13.4. The van der Waals surface area contributed by atoms with Gasteiger partial charge in [0, 0.05) is 30.7 Å². The predicted molar refractivity (Wildman–Crippen MR) is 96.6 cm³/mol. The molecule has 1 fully saturated rings. The van der Waals surface area contributed by atoms with Crippen LogP contribution >= 0.6 is 11.6 Å². The van der Waals surface area contributed by atoms with Crippen LogP contribution in [0.15, 0.2) is 30.6 Å². The summed E-state index contributed by atoms with van der Waals surface area (Å²) < 4.78 is 14.6. The Kier molecular flexibility index (Phi) is 5.34. The molecule has 0 aliphatic carbocycles. The largest absolute Gasteiger partial charge is 0.372 e. The van der Waals surface area contributed by atoms with Crippen LogP contribution in [0, 0.1) is 5.82 Å². The van der Waals surface area contributed by atoms with Crippen molar-refractivity contribution in [2.45, 2.75) is 25.1 Å². The molecule has 1 aliphatic heterocycles. The zero-order chi connectivity index (χ0) is 20.5. The van der Waals surface area contributed by atoms with Gasteiger partial charge in [0.25, 0.3) is 11.8 Å². The van der Waals surface area contributed by atoms with E-state index in [9.17, 15) is 23.9 Å². The van der Waals surface area contributed by atoms with Gasteiger partial charge in [-0.25, -0.2) is 4.39 Å². The fourth-order valence-electron chi connectivity index (χ4n) is 2.94. The van der Waals surface area contributed by atoms with Crippen molar-refractivity contribution in [1.82, 2.24) is 15.1 Å². The average Bonchev–Trinajstić information content (AvgIpc) is 3.17. The second kappa shape index (κ2) is 7.56. The van der Waals surface area contributed by atoms with E-state index in [1.54, 1.807) is 0 Å². The van der Waals surface area contributed by atoms with Crippen LogP contribution in [-0.2, 0) is 27.5 Å². The van der Waals surface area contributed by atoms with E-state index in [1.165, 1.54) is 34.1 Å². The first kappa shape index (κ1) is 19.8. The SMILES string of the molecule is NC(=O)Cn1cc(N2CC[C@](O)(C(=O)NCc3cc(F)cc(Cl)c3)C2=O)cn1. The third-order valence-corrected chi connectivity index (χ3v) is 4.51. The fourth-order valence-corrected chi connectivity index (χ4v) is 3.19. The third kappa shape index (κ3) is 3.97. The summed E-state index contributed by atoms with van der Waals surface area (Å²) in [5.41, 5.74) is 3.54. The number of anilines is 1. The van der Waals surface area contributed by atoms with Crippen molar-refractivity contribution in [3.05, 3.63) is 47.0 Å². The molecule has 0 saturated carbocycles. The molecule has 0 spiro atoms.